The Morgan fingerprint density at radius 2 is 2.07 bits per heavy atom. The van der Waals surface area contributed by atoms with Crippen LogP contribution in [0.3, 0.4) is 0 Å². The van der Waals surface area contributed by atoms with Crippen molar-refractivity contribution in [3.8, 4) is 5.75 Å². The van der Waals surface area contributed by atoms with Crippen molar-refractivity contribution < 1.29 is 18.7 Å². The molecule has 0 saturated heterocycles. The summed E-state index contributed by atoms with van der Waals surface area (Å²) < 4.78 is 18.7. The van der Waals surface area contributed by atoms with Gasteiger partial charge in [0.2, 0.25) is 11.8 Å². The summed E-state index contributed by atoms with van der Waals surface area (Å²) >= 11 is 6.06. The zero-order valence-corrected chi connectivity index (χ0v) is 17.2. The van der Waals surface area contributed by atoms with Gasteiger partial charge in [0.15, 0.2) is 0 Å². The number of methoxy groups -OCH3 is 1. The molecule has 0 bridgehead atoms. The fourth-order valence-corrected chi connectivity index (χ4v) is 4.00. The topological polar surface area (TPSA) is 74.4 Å². The van der Waals surface area contributed by atoms with Crippen molar-refractivity contribution in [3.63, 3.8) is 0 Å². The van der Waals surface area contributed by atoms with E-state index >= 15 is 0 Å². The summed E-state index contributed by atoms with van der Waals surface area (Å²) in [5, 5.41) is 3.93. The Morgan fingerprint density at radius 1 is 1.23 bits per heavy atom. The maximum atomic E-state index is 13.6. The third-order valence-electron chi connectivity index (χ3n) is 5.29. The van der Waals surface area contributed by atoms with Gasteiger partial charge < -0.3 is 19.9 Å². The molecule has 4 rings (SSSR count). The Kier molecular flexibility index (Phi) is 5.63. The molecule has 0 radical (unpaired) electrons. The highest BCUT2D eigenvalue weighted by Gasteiger charge is 2.24. The number of carbonyl (C=O) groups is 2. The second-order valence-electron chi connectivity index (χ2n) is 7.23. The number of fused-ring (bicyclic) bond motifs is 3. The van der Waals surface area contributed by atoms with Crippen LogP contribution in [0.25, 0.3) is 10.9 Å². The number of hydrogen-bond acceptors (Lipinski definition) is 3. The molecule has 0 saturated carbocycles. The molecule has 2 aromatic carbocycles. The summed E-state index contributed by atoms with van der Waals surface area (Å²) in [6.45, 7) is 0.976. The second kappa shape index (κ2) is 8.36. The van der Waals surface area contributed by atoms with Crippen LogP contribution in [-0.4, -0.2) is 35.4 Å². The number of anilines is 1. The Balaban J connectivity index is 1.35. The fraction of sp³-hybridized carbons (Fsp3) is 0.273. The van der Waals surface area contributed by atoms with Crippen LogP contribution < -0.4 is 10.1 Å². The van der Waals surface area contributed by atoms with E-state index < -0.39 is 0 Å². The van der Waals surface area contributed by atoms with Crippen molar-refractivity contribution in [3.05, 3.63) is 58.5 Å². The number of hydrogen-bond donors (Lipinski definition) is 2. The summed E-state index contributed by atoms with van der Waals surface area (Å²) in [6, 6.07) is 9.58. The number of amides is 2. The SMILES string of the molecule is COc1ccc(NC(=O)CCC(=O)N2CCc3[nH]c4ccc(F)cc4c3C2)cc1Cl. The summed E-state index contributed by atoms with van der Waals surface area (Å²) in [4.78, 5) is 29.9. The molecule has 0 spiro atoms. The summed E-state index contributed by atoms with van der Waals surface area (Å²) in [5.74, 6) is -0.153. The van der Waals surface area contributed by atoms with Gasteiger partial charge in [-0.1, -0.05) is 11.6 Å². The van der Waals surface area contributed by atoms with Crippen LogP contribution in [0.15, 0.2) is 36.4 Å². The number of benzene rings is 2. The molecule has 156 valence electrons. The lowest BCUT2D eigenvalue weighted by Gasteiger charge is -2.27. The highest BCUT2D eigenvalue weighted by Crippen LogP contribution is 2.29. The predicted molar refractivity (Wildman–Crippen MR) is 113 cm³/mol. The Bertz CT molecular complexity index is 1130. The largest absolute Gasteiger partial charge is 0.495 e. The number of carbonyl (C=O) groups excluding carboxylic acids is 2. The van der Waals surface area contributed by atoms with Gasteiger partial charge in [-0.25, -0.2) is 4.39 Å². The van der Waals surface area contributed by atoms with Crippen LogP contribution >= 0.6 is 11.6 Å². The predicted octanol–water partition coefficient (Wildman–Crippen LogP) is 4.27. The minimum Gasteiger partial charge on any atom is -0.495 e. The molecule has 0 fully saturated rings. The summed E-state index contributed by atoms with van der Waals surface area (Å²) in [6.07, 6.45) is 0.837. The van der Waals surface area contributed by atoms with Crippen molar-refractivity contribution in [2.45, 2.75) is 25.8 Å². The molecule has 2 amide bonds. The summed E-state index contributed by atoms with van der Waals surface area (Å²) in [5.41, 5.74) is 3.39. The maximum absolute atomic E-state index is 13.6. The van der Waals surface area contributed by atoms with Crippen molar-refractivity contribution in [1.29, 1.82) is 0 Å². The molecule has 0 unspecified atom stereocenters. The Morgan fingerprint density at radius 3 is 2.83 bits per heavy atom. The van der Waals surface area contributed by atoms with Gasteiger partial charge in [0.25, 0.3) is 0 Å². The van der Waals surface area contributed by atoms with Gasteiger partial charge in [-0.15, -0.1) is 0 Å². The average Bonchev–Trinajstić information content (AvgIpc) is 3.09. The number of rotatable bonds is 5. The summed E-state index contributed by atoms with van der Waals surface area (Å²) in [7, 11) is 1.52. The van der Waals surface area contributed by atoms with Crippen LogP contribution in [0.1, 0.15) is 24.1 Å². The van der Waals surface area contributed by atoms with Crippen LogP contribution in [-0.2, 0) is 22.6 Å². The lowest BCUT2D eigenvalue weighted by molar-refractivity contribution is -0.133. The van der Waals surface area contributed by atoms with E-state index in [9.17, 15) is 14.0 Å². The molecule has 2 heterocycles. The van der Waals surface area contributed by atoms with E-state index in [0.717, 1.165) is 22.2 Å². The first kappa shape index (κ1) is 20.2. The Labute approximate surface area is 178 Å². The van der Waals surface area contributed by atoms with Crippen molar-refractivity contribution in [2.75, 3.05) is 19.0 Å². The number of nitrogens with one attached hydrogen (secondary N) is 2. The highest BCUT2D eigenvalue weighted by atomic mass is 35.5. The van der Waals surface area contributed by atoms with Gasteiger partial charge in [0.05, 0.1) is 12.1 Å². The first-order chi connectivity index (χ1) is 14.4. The number of H-pyrrole nitrogens is 1. The normalized spacial score (nSPS) is 13.2. The Hall–Kier alpha value is -3.06. The molecule has 1 aliphatic rings. The van der Waals surface area contributed by atoms with E-state index in [4.69, 9.17) is 16.3 Å². The van der Waals surface area contributed by atoms with Crippen LogP contribution in [0.2, 0.25) is 5.02 Å². The molecule has 0 atom stereocenters. The van der Waals surface area contributed by atoms with E-state index in [0.29, 0.717) is 36.0 Å². The second-order valence-corrected chi connectivity index (χ2v) is 7.64. The zero-order chi connectivity index (χ0) is 21.3. The smallest absolute Gasteiger partial charge is 0.224 e. The van der Waals surface area contributed by atoms with Crippen LogP contribution in [0.4, 0.5) is 10.1 Å². The molecule has 30 heavy (non-hydrogen) atoms. The zero-order valence-electron chi connectivity index (χ0n) is 16.4. The van der Waals surface area contributed by atoms with Gasteiger partial charge in [-0.05, 0) is 36.4 Å². The van der Waals surface area contributed by atoms with Gasteiger partial charge in [-0.2, -0.15) is 0 Å². The lowest BCUT2D eigenvalue weighted by Crippen LogP contribution is -2.36. The van der Waals surface area contributed by atoms with Crippen molar-refractivity contribution >= 4 is 40.0 Å². The molecule has 8 heteroatoms. The molecule has 1 aliphatic heterocycles. The quantitative estimate of drug-likeness (QED) is 0.636. The van der Waals surface area contributed by atoms with Gasteiger partial charge in [0.1, 0.15) is 11.6 Å². The molecule has 6 nitrogen and oxygen atoms in total. The minimum atomic E-state index is -0.303. The number of aromatic amines is 1. The third-order valence-corrected chi connectivity index (χ3v) is 5.59. The van der Waals surface area contributed by atoms with Gasteiger partial charge in [0, 0.05) is 60.2 Å². The van der Waals surface area contributed by atoms with E-state index in [-0.39, 0.29) is 30.5 Å². The molecule has 2 N–H and O–H groups in total. The third kappa shape index (κ3) is 4.11. The number of ether oxygens (including phenoxy) is 1. The molecule has 1 aromatic heterocycles. The number of nitrogens with zero attached hydrogens (tertiary/aromatic N) is 1. The van der Waals surface area contributed by atoms with E-state index in [1.165, 1.54) is 19.2 Å². The van der Waals surface area contributed by atoms with Crippen LogP contribution in [0.5, 0.6) is 5.75 Å². The van der Waals surface area contributed by atoms with Crippen LogP contribution in [0, 0.1) is 5.82 Å². The first-order valence-corrected chi connectivity index (χ1v) is 10.0. The molecular weight excluding hydrogens is 409 g/mol. The first-order valence-electron chi connectivity index (χ1n) is 9.64. The van der Waals surface area contributed by atoms with Gasteiger partial charge in [-0.3, -0.25) is 9.59 Å². The standard InChI is InChI=1S/C22H21ClFN3O3/c1-30-20-5-3-14(11-17(20)23)25-21(28)6-7-22(29)27-9-8-19-16(12-27)15-10-13(24)2-4-18(15)26-19/h2-5,10-11,26H,6-9,12H2,1H3,(H,25,28). The fourth-order valence-electron chi connectivity index (χ4n) is 3.75. The van der Waals surface area contributed by atoms with Gasteiger partial charge >= 0.3 is 0 Å². The maximum Gasteiger partial charge on any atom is 0.224 e. The van der Waals surface area contributed by atoms with E-state index in [2.05, 4.69) is 10.3 Å². The molecular formula is C22H21ClFN3O3. The highest BCUT2D eigenvalue weighted by molar-refractivity contribution is 6.32. The average molecular weight is 430 g/mol. The van der Waals surface area contributed by atoms with Crippen molar-refractivity contribution in [1.82, 2.24) is 9.88 Å². The van der Waals surface area contributed by atoms with Crippen molar-refractivity contribution in [2.24, 2.45) is 0 Å². The van der Waals surface area contributed by atoms with E-state index in [1.807, 2.05) is 0 Å². The number of aromatic nitrogens is 1. The lowest BCUT2D eigenvalue weighted by atomic mass is 10.0. The minimum absolute atomic E-state index is 0.0638. The molecule has 3 aromatic rings. The van der Waals surface area contributed by atoms with E-state index in [1.54, 1.807) is 29.2 Å². The monoisotopic (exact) mass is 429 g/mol. The number of halogens is 2. The molecule has 0 aliphatic carbocycles.